The standard InChI is InChI=1S/C21H19N7O3/c1-3-31-21(30)15-8-11-28-18(15)20(26-19(27-28)16-6-4-5-9-22-16)25-14-7-10-23-17(12-14)24-13(2)29/h4-12H,3H2,1-2H3,(H2,23,24,25,26,27,29). The Balaban J connectivity index is 1.83. The normalized spacial score (nSPS) is 10.6. The molecule has 0 radical (unpaired) electrons. The van der Waals surface area contributed by atoms with Crippen LogP contribution in [0.25, 0.3) is 17.0 Å². The Morgan fingerprint density at radius 1 is 1.13 bits per heavy atom. The molecule has 2 N–H and O–H groups in total. The van der Waals surface area contributed by atoms with Gasteiger partial charge in [0, 0.05) is 37.3 Å². The van der Waals surface area contributed by atoms with Crippen molar-refractivity contribution < 1.29 is 14.3 Å². The summed E-state index contributed by atoms with van der Waals surface area (Å²) in [5.74, 6) is 0.425. The fourth-order valence-corrected chi connectivity index (χ4v) is 2.98. The highest BCUT2D eigenvalue weighted by atomic mass is 16.5. The van der Waals surface area contributed by atoms with Crippen molar-refractivity contribution in [2.45, 2.75) is 13.8 Å². The van der Waals surface area contributed by atoms with E-state index in [9.17, 15) is 9.59 Å². The number of fused-ring (bicyclic) bond motifs is 1. The van der Waals surface area contributed by atoms with E-state index in [0.717, 1.165) is 0 Å². The van der Waals surface area contributed by atoms with Gasteiger partial charge in [0.1, 0.15) is 17.0 Å². The van der Waals surface area contributed by atoms with Gasteiger partial charge >= 0.3 is 5.97 Å². The van der Waals surface area contributed by atoms with E-state index < -0.39 is 5.97 Å². The Bertz CT molecular complexity index is 1250. The second-order valence-corrected chi connectivity index (χ2v) is 6.48. The number of pyridine rings is 2. The number of hydrogen-bond acceptors (Lipinski definition) is 8. The fraction of sp³-hybridized carbons (Fsp3) is 0.143. The van der Waals surface area contributed by atoms with Gasteiger partial charge in [0.05, 0.1) is 12.2 Å². The number of rotatable bonds is 6. The van der Waals surface area contributed by atoms with Gasteiger partial charge < -0.3 is 15.4 Å². The summed E-state index contributed by atoms with van der Waals surface area (Å²) in [5.41, 5.74) is 1.97. The first-order chi connectivity index (χ1) is 15.0. The number of esters is 1. The van der Waals surface area contributed by atoms with Crippen molar-refractivity contribution in [2.24, 2.45) is 0 Å². The van der Waals surface area contributed by atoms with E-state index in [2.05, 4.69) is 30.7 Å². The average molecular weight is 417 g/mol. The van der Waals surface area contributed by atoms with Crippen LogP contribution in [0.2, 0.25) is 0 Å². The zero-order valence-corrected chi connectivity index (χ0v) is 16.9. The van der Waals surface area contributed by atoms with Crippen LogP contribution in [0.1, 0.15) is 24.2 Å². The number of carbonyl (C=O) groups is 2. The molecule has 4 heterocycles. The van der Waals surface area contributed by atoms with Crippen LogP contribution in [0.3, 0.4) is 0 Å². The molecular formula is C21H19N7O3. The molecule has 0 saturated carbocycles. The van der Waals surface area contributed by atoms with Crippen molar-refractivity contribution in [1.29, 1.82) is 0 Å². The van der Waals surface area contributed by atoms with Crippen LogP contribution in [0.15, 0.2) is 55.0 Å². The minimum Gasteiger partial charge on any atom is -0.462 e. The Kier molecular flexibility index (Phi) is 5.52. The summed E-state index contributed by atoms with van der Waals surface area (Å²) < 4.78 is 6.73. The maximum atomic E-state index is 12.5. The van der Waals surface area contributed by atoms with Gasteiger partial charge in [0.25, 0.3) is 0 Å². The Morgan fingerprint density at radius 2 is 2.00 bits per heavy atom. The lowest BCUT2D eigenvalue weighted by atomic mass is 10.2. The van der Waals surface area contributed by atoms with E-state index in [-0.39, 0.29) is 12.5 Å². The lowest BCUT2D eigenvalue weighted by Gasteiger charge is -2.12. The molecule has 1 amide bonds. The van der Waals surface area contributed by atoms with Crippen LogP contribution in [0.5, 0.6) is 0 Å². The first-order valence-corrected chi connectivity index (χ1v) is 9.53. The first kappa shape index (κ1) is 20.0. The molecule has 0 aliphatic rings. The summed E-state index contributed by atoms with van der Waals surface area (Å²) in [6.07, 6.45) is 4.87. The Hall–Kier alpha value is -4.34. The summed E-state index contributed by atoms with van der Waals surface area (Å²) in [6.45, 7) is 3.39. The Labute approximate surface area is 177 Å². The molecular weight excluding hydrogens is 398 g/mol. The van der Waals surface area contributed by atoms with E-state index in [1.165, 1.54) is 6.92 Å². The first-order valence-electron chi connectivity index (χ1n) is 9.53. The largest absolute Gasteiger partial charge is 0.462 e. The topological polar surface area (TPSA) is 123 Å². The molecule has 0 aromatic carbocycles. The lowest BCUT2D eigenvalue weighted by Crippen LogP contribution is -2.10. The van der Waals surface area contributed by atoms with Crippen molar-refractivity contribution in [1.82, 2.24) is 24.6 Å². The third kappa shape index (κ3) is 4.32. The molecule has 0 spiro atoms. The predicted octanol–water partition coefficient (Wildman–Crippen LogP) is 3.07. The molecule has 156 valence electrons. The lowest BCUT2D eigenvalue weighted by molar-refractivity contribution is -0.114. The van der Waals surface area contributed by atoms with Crippen LogP contribution in [-0.2, 0) is 9.53 Å². The number of amides is 1. The highest BCUT2D eigenvalue weighted by molar-refractivity contribution is 6.01. The SMILES string of the molecule is CCOC(=O)c1ccn2nc(-c3ccccn3)nc(Nc3ccnc(NC(C)=O)c3)c12. The van der Waals surface area contributed by atoms with Crippen molar-refractivity contribution in [3.05, 3.63) is 60.6 Å². The summed E-state index contributed by atoms with van der Waals surface area (Å²) in [5, 5.41) is 10.3. The van der Waals surface area contributed by atoms with Gasteiger partial charge in [-0.3, -0.25) is 9.78 Å². The van der Waals surface area contributed by atoms with Crippen molar-refractivity contribution in [3.63, 3.8) is 0 Å². The third-order valence-corrected chi connectivity index (χ3v) is 4.23. The van der Waals surface area contributed by atoms with Crippen molar-refractivity contribution >= 4 is 34.7 Å². The van der Waals surface area contributed by atoms with Gasteiger partial charge in [-0.05, 0) is 31.2 Å². The van der Waals surface area contributed by atoms with Crippen LogP contribution in [0, 0.1) is 0 Å². The number of aromatic nitrogens is 5. The van der Waals surface area contributed by atoms with E-state index in [1.54, 1.807) is 60.4 Å². The van der Waals surface area contributed by atoms with E-state index >= 15 is 0 Å². The second kappa shape index (κ2) is 8.57. The molecule has 10 nitrogen and oxygen atoms in total. The molecule has 0 saturated heterocycles. The van der Waals surface area contributed by atoms with Crippen LogP contribution in [-0.4, -0.2) is 43.0 Å². The van der Waals surface area contributed by atoms with Crippen molar-refractivity contribution in [2.75, 3.05) is 17.2 Å². The zero-order valence-electron chi connectivity index (χ0n) is 16.9. The van der Waals surface area contributed by atoms with Gasteiger partial charge in [0.2, 0.25) is 11.7 Å². The number of ether oxygens (including phenoxy) is 1. The highest BCUT2D eigenvalue weighted by Crippen LogP contribution is 2.27. The maximum absolute atomic E-state index is 12.5. The number of carbonyl (C=O) groups excluding carboxylic acids is 2. The molecule has 10 heteroatoms. The fourth-order valence-electron chi connectivity index (χ4n) is 2.98. The molecule has 4 rings (SSSR count). The maximum Gasteiger partial charge on any atom is 0.340 e. The number of nitrogens with one attached hydrogen (secondary N) is 2. The van der Waals surface area contributed by atoms with E-state index in [4.69, 9.17) is 4.74 Å². The minimum atomic E-state index is -0.476. The van der Waals surface area contributed by atoms with Crippen LogP contribution in [0.4, 0.5) is 17.3 Å². The third-order valence-electron chi connectivity index (χ3n) is 4.23. The minimum absolute atomic E-state index is 0.234. The van der Waals surface area contributed by atoms with Crippen LogP contribution < -0.4 is 10.6 Å². The molecule has 0 unspecified atom stereocenters. The molecule has 31 heavy (non-hydrogen) atoms. The van der Waals surface area contributed by atoms with E-state index in [0.29, 0.717) is 39.9 Å². The smallest absolute Gasteiger partial charge is 0.340 e. The summed E-state index contributed by atoms with van der Waals surface area (Å²) >= 11 is 0. The molecule has 0 fully saturated rings. The van der Waals surface area contributed by atoms with Gasteiger partial charge in [-0.1, -0.05) is 6.07 Å². The summed E-state index contributed by atoms with van der Waals surface area (Å²) in [6, 6.07) is 10.4. The predicted molar refractivity (Wildman–Crippen MR) is 114 cm³/mol. The van der Waals surface area contributed by atoms with Gasteiger partial charge in [-0.15, -0.1) is 5.10 Å². The number of nitrogens with zero attached hydrogens (tertiary/aromatic N) is 5. The van der Waals surface area contributed by atoms with Gasteiger partial charge in [-0.2, -0.15) is 0 Å². The quantitative estimate of drug-likeness (QED) is 0.459. The summed E-state index contributed by atoms with van der Waals surface area (Å²) in [7, 11) is 0. The van der Waals surface area contributed by atoms with Gasteiger partial charge in [-0.25, -0.2) is 19.3 Å². The highest BCUT2D eigenvalue weighted by Gasteiger charge is 2.20. The van der Waals surface area contributed by atoms with Crippen molar-refractivity contribution in [3.8, 4) is 11.5 Å². The second-order valence-electron chi connectivity index (χ2n) is 6.48. The van der Waals surface area contributed by atoms with Crippen LogP contribution >= 0.6 is 0 Å². The molecule has 0 bridgehead atoms. The van der Waals surface area contributed by atoms with Gasteiger partial charge in [0.15, 0.2) is 5.82 Å². The molecule has 0 aliphatic heterocycles. The average Bonchev–Trinajstić information content (AvgIpc) is 3.19. The van der Waals surface area contributed by atoms with E-state index in [1.807, 2.05) is 6.07 Å². The monoisotopic (exact) mass is 417 g/mol. The molecule has 4 aromatic rings. The number of hydrogen-bond donors (Lipinski definition) is 2. The zero-order chi connectivity index (χ0) is 21.8. The number of anilines is 3. The molecule has 0 atom stereocenters. The Morgan fingerprint density at radius 3 is 2.74 bits per heavy atom. The summed E-state index contributed by atoms with van der Waals surface area (Å²) in [4.78, 5) is 36.9. The molecule has 4 aromatic heterocycles. The molecule has 0 aliphatic carbocycles.